The van der Waals surface area contributed by atoms with Gasteiger partial charge in [0.05, 0.1) is 12.4 Å². The summed E-state index contributed by atoms with van der Waals surface area (Å²) in [4.78, 5) is 24.3. The van der Waals surface area contributed by atoms with Crippen LogP contribution >= 0.6 is 0 Å². The van der Waals surface area contributed by atoms with Crippen molar-refractivity contribution in [2.75, 3.05) is 31.6 Å². The molecule has 24 heavy (non-hydrogen) atoms. The van der Waals surface area contributed by atoms with Gasteiger partial charge in [0.15, 0.2) is 5.69 Å². The van der Waals surface area contributed by atoms with Crippen LogP contribution in [0.5, 0.6) is 0 Å². The van der Waals surface area contributed by atoms with Crippen molar-refractivity contribution >= 4 is 11.8 Å². The predicted molar refractivity (Wildman–Crippen MR) is 93.5 cm³/mol. The Morgan fingerprint density at radius 2 is 1.83 bits per heavy atom. The van der Waals surface area contributed by atoms with Crippen molar-refractivity contribution in [2.24, 2.45) is 0 Å². The average molecular weight is 332 g/mol. The summed E-state index contributed by atoms with van der Waals surface area (Å²) < 4.78 is 0. The highest BCUT2D eigenvalue weighted by Gasteiger charge is 2.39. The summed E-state index contributed by atoms with van der Waals surface area (Å²) in [7, 11) is 2.01. The summed E-state index contributed by atoms with van der Waals surface area (Å²) in [5.41, 5.74) is 0.212. The first kappa shape index (κ1) is 17.1. The average Bonchev–Trinajstić information content (AvgIpc) is 2.63. The molecular formula is C18H28N4O2. The van der Waals surface area contributed by atoms with Gasteiger partial charge in [0, 0.05) is 19.1 Å². The van der Waals surface area contributed by atoms with Crippen molar-refractivity contribution in [3.05, 3.63) is 18.1 Å². The van der Waals surface area contributed by atoms with Crippen molar-refractivity contribution in [2.45, 2.75) is 56.9 Å². The van der Waals surface area contributed by atoms with Gasteiger partial charge in [-0.05, 0) is 38.8 Å². The third-order valence-electron chi connectivity index (χ3n) is 5.57. The minimum atomic E-state index is -1.03. The largest absolute Gasteiger partial charge is 0.476 e. The molecule has 6 heteroatoms. The first-order valence-electron chi connectivity index (χ1n) is 9.12. The van der Waals surface area contributed by atoms with Crippen molar-refractivity contribution in [3.63, 3.8) is 0 Å². The van der Waals surface area contributed by atoms with E-state index in [9.17, 15) is 4.79 Å². The van der Waals surface area contributed by atoms with Crippen LogP contribution in [0.4, 0.5) is 5.82 Å². The van der Waals surface area contributed by atoms with Crippen molar-refractivity contribution in [1.29, 1.82) is 0 Å². The standard InChI is InChI=1S/C18H28N4O2/c1-21(16-13-19-12-15(20-16)17(23)24)14-18(8-4-2-5-9-18)22-10-6-3-7-11-22/h12-13H,2-11,14H2,1H3,(H,23,24). The normalized spacial score (nSPS) is 21.4. The highest BCUT2D eigenvalue weighted by Crippen LogP contribution is 2.36. The molecule has 1 aromatic rings. The quantitative estimate of drug-likeness (QED) is 0.894. The van der Waals surface area contributed by atoms with Crippen LogP contribution < -0.4 is 4.90 Å². The molecule has 0 radical (unpaired) electrons. The van der Waals surface area contributed by atoms with Crippen molar-refractivity contribution in [3.8, 4) is 0 Å². The Morgan fingerprint density at radius 1 is 1.17 bits per heavy atom. The molecule has 132 valence electrons. The van der Waals surface area contributed by atoms with Crippen LogP contribution in [0.3, 0.4) is 0 Å². The summed E-state index contributed by atoms with van der Waals surface area (Å²) in [6, 6.07) is 0. The molecule has 1 aliphatic heterocycles. The van der Waals surface area contributed by atoms with E-state index in [1.54, 1.807) is 6.20 Å². The molecular weight excluding hydrogens is 304 g/mol. The number of nitrogens with zero attached hydrogens (tertiary/aromatic N) is 4. The molecule has 0 amide bonds. The van der Waals surface area contributed by atoms with E-state index in [1.807, 2.05) is 7.05 Å². The van der Waals surface area contributed by atoms with Crippen LogP contribution in [0, 0.1) is 0 Å². The van der Waals surface area contributed by atoms with Crippen LogP contribution in [0.15, 0.2) is 12.4 Å². The molecule has 0 bridgehead atoms. The van der Waals surface area contributed by atoms with E-state index in [2.05, 4.69) is 19.8 Å². The lowest BCUT2D eigenvalue weighted by molar-refractivity contribution is 0.0395. The zero-order valence-corrected chi connectivity index (χ0v) is 14.6. The second-order valence-electron chi connectivity index (χ2n) is 7.26. The first-order valence-corrected chi connectivity index (χ1v) is 9.12. The number of piperidine rings is 1. The van der Waals surface area contributed by atoms with Crippen LogP contribution in [0.25, 0.3) is 0 Å². The highest BCUT2D eigenvalue weighted by atomic mass is 16.4. The minimum absolute atomic E-state index is 0.00927. The number of aromatic carboxylic acids is 1. The zero-order chi connectivity index (χ0) is 17.0. The van der Waals surface area contributed by atoms with Gasteiger partial charge in [-0.1, -0.05) is 25.7 Å². The molecule has 1 aliphatic carbocycles. The van der Waals surface area contributed by atoms with Gasteiger partial charge >= 0.3 is 5.97 Å². The first-order chi connectivity index (χ1) is 11.6. The third-order valence-corrected chi connectivity index (χ3v) is 5.57. The minimum Gasteiger partial charge on any atom is -0.476 e. The molecule has 2 heterocycles. The molecule has 2 fully saturated rings. The van der Waals surface area contributed by atoms with E-state index >= 15 is 0 Å². The Bertz CT molecular complexity index is 566. The molecule has 0 atom stereocenters. The lowest BCUT2D eigenvalue weighted by Crippen LogP contribution is -2.57. The molecule has 1 saturated heterocycles. The van der Waals surface area contributed by atoms with E-state index in [0.29, 0.717) is 5.82 Å². The van der Waals surface area contributed by atoms with Crippen LogP contribution in [0.1, 0.15) is 61.9 Å². The topological polar surface area (TPSA) is 69.6 Å². The smallest absolute Gasteiger partial charge is 0.356 e. The fourth-order valence-electron chi connectivity index (χ4n) is 4.32. The van der Waals surface area contributed by atoms with Gasteiger partial charge in [0.25, 0.3) is 0 Å². The van der Waals surface area contributed by atoms with E-state index in [4.69, 9.17) is 5.11 Å². The number of anilines is 1. The van der Waals surface area contributed by atoms with Crippen LogP contribution in [0.2, 0.25) is 0 Å². The van der Waals surface area contributed by atoms with E-state index < -0.39 is 5.97 Å². The van der Waals surface area contributed by atoms with Gasteiger partial charge in [0.1, 0.15) is 5.82 Å². The number of carbonyl (C=O) groups is 1. The number of hydrogen-bond donors (Lipinski definition) is 1. The number of aromatic nitrogens is 2. The molecule has 1 aromatic heterocycles. The number of rotatable bonds is 5. The number of hydrogen-bond acceptors (Lipinski definition) is 5. The van der Waals surface area contributed by atoms with Crippen molar-refractivity contribution in [1.82, 2.24) is 14.9 Å². The Kier molecular flexibility index (Phi) is 5.33. The monoisotopic (exact) mass is 332 g/mol. The number of carboxylic acid groups (broad SMARTS) is 1. The van der Waals surface area contributed by atoms with Gasteiger partial charge in [-0.3, -0.25) is 9.88 Å². The zero-order valence-electron chi connectivity index (χ0n) is 14.6. The molecule has 0 aromatic carbocycles. The van der Waals surface area contributed by atoms with Crippen molar-refractivity contribution < 1.29 is 9.90 Å². The number of carboxylic acids is 1. The summed E-state index contributed by atoms with van der Waals surface area (Å²) >= 11 is 0. The van der Waals surface area contributed by atoms with Gasteiger partial charge in [-0.25, -0.2) is 9.78 Å². The maximum absolute atomic E-state index is 11.1. The molecule has 0 spiro atoms. The maximum atomic E-state index is 11.1. The Hall–Kier alpha value is -1.69. The van der Waals surface area contributed by atoms with E-state index in [1.165, 1.54) is 70.7 Å². The molecule has 1 N–H and O–H groups in total. The number of likely N-dealkylation sites (tertiary alicyclic amines) is 1. The third kappa shape index (κ3) is 3.69. The Morgan fingerprint density at radius 3 is 2.50 bits per heavy atom. The summed E-state index contributed by atoms with van der Waals surface area (Å²) in [6.07, 6.45) is 13.2. The predicted octanol–water partition coefficient (Wildman–Crippen LogP) is 2.80. The Balaban J connectivity index is 1.78. The van der Waals surface area contributed by atoms with E-state index in [-0.39, 0.29) is 11.2 Å². The summed E-state index contributed by atoms with van der Waals surface area (Å²) in [6.45, 7) is 3.27. The lowest BCUT2D eigenvalue weighted by Gasteiger charge is -2.50. The maximum Gasteiger partial charge on any atom is 0.356 e. The fraction of sp³-hybridized carbons (Fsp3) is 0.722. The van der Waals surface area contributed by atoms with Gasteiger partial charge in [-0.2, -0.15) is 0 Å². The van der Waals surface area contributed by atoms with Gasteiger partial charge in [-0.15, -0.1) is 0 Å². The van der Waals surface area contributed by atoms with E-state index in [0.717, 1.165) is 6.54 Å². The SMILES string of the molecule is CN(CC1(N2CCCCC2)CCCCC1)c1cncc(C(=O)O)n1. The Labute approximate surface area is 143 Å². The second-order valence-corrected chi connectivity index (χ2v) is 7.26. The molecule has 0 unspecified atom stereocenters. The second kappa shape index (κ2) is 7.47. The highest BCUT2D eigenvalue weighted by molar-refractivity contribution is 5.85. The molecule has 3 rings (SSSR count). The molecule has 6 nitrogen and oxygen atoms in total. The molecule has 2 aliphatic rings. The lowest BCUT2D eigenvalue weighted by atomic mass is 9.79. The van der Waals surface area contributed by atoms with Crippen LogP contribution in [-0.4, -0.2) is 58.2 Å². The van der Waals surface area contributed by atoms with Crippen LogP contribution in [-0.2, 0) is 0 Å². The molecule has 1 saturated carbocycles. The fourth-order valence-corrected chi connectivity index (χ4v) is 4.32. The van der Waals surface area contributed by atoms with Gasteiger partial charge < -0.3 is 10.0 Å². The van der Waals surface area contributed by atoms with Gasteiger partial charge in [0.2, 0.25) is 0 Å². The number of likely N-dealkylation sites (N-methyl/N-ethyl adjacent to an activating group) is 1. The summed E-state index contributed by atoms with van der Waals surface area (Å²) in [5.74, 6) is -0.377. The summed E-state index contributed by atoms with van der Waals surface area (Å²) in [5, 5.41) is 9.14.